The Labute approximate surface area is 134 Å². The molecule has 22 heavy (non-hydrogen) atoms. The fraction of sp³-hybridized carbons (Fsp3) is 0.500. The number of carbonyl (C=O) groups excluding carboxylic acids is 1. The van der Waals surface area contributed by atoms with Crippen molar-refractivity contribution < 1.29 is 19.4 Å². The lowest BCUT2D eigenvalue weighted by Crippen LogP contribution is -2.56. The third-order valence-corrected chi connectivity index (χ3v) is 4.92. The van der Waals surface area contributed by atoms with Gasteiger partial charge >= 0.3 is 5.97 Å². The van der Waals surface area contributed by atoms with Crippen molar-refractivity contribution in [1.29, 1.82) is 0 Å². The van der Waals surface area contributed by atoms with E-state index in [2.05, 4.69) is 5.32 Å². The predicted molar refractivity (Wildman–Crippen MR) is 86.4 cm³/mol. The summed E-state index contributed by atoms with van der Waals surface area (Å²) in [6.45, 7) is 0. The van der Waals surface area contributed by atoms with E-state index in [1.807, 2.05) is 24.3 Å². The van der Waals surface area contributed by atoms with E-state index in [9.17, 15) is 14.7 Å². The van der Waals surface area contributed by atoms with Crippen LogP contribution in [0.5, 0.6) is 5.75 Å². The summed E-state index contributed by atoms with van der Waals surface area (Å²) in [6.07, 6.45) is 1.84. The first kappa shape index (κ1) is 16.7. The molecule has 0 spiro atoms. The minimum absolute atomic E-state index is 0.204. The van der Waals surface area contributed by atoms with E-state index < -0.39 is 11.5 Å². The highest BCUT2D eigenvalue weighted by molar-refractivity contribution is 7.99. The number of hydrogen-bond acceptors (Lipinski definition) is 4. The third kappa shape index (κ3) is 4.16. The average molecular weight is 323 g/mol. The molecule has 0 atom stereocenters. The Kier molecular flexibility index (Phi) is 5.71. The molecule has 1 aromatic rings. The van der Waals surface area contributed by atoms with Crippen LogP contribution in [0.25, 0.3) is 0 Å². The highest BCUT2D eigenvalue weighted by Crippen LogP contribution is 2.27. The second kappa shape index (κ2) is 7.54. The fourth-order valence-electron chi connectivity index (χ4n) is 2.49. The molecule has 0 aromatic heterocycles. The molecule has 1 fully saturated rings. The van der Waals surface area contributed by atoms with Crippen LogP contribution in [0.4, 0.5) is 0 Å². The van der Waals surface area contributed by atoms with E-state index in [4.69, 9.17) is 4.74 Å². The minimum Gasteiger partial charge on any atom is -0.497 e. The zero-order valence-electron chi connectivity index (χ0n) is 12.6. The molecular formula is C16H21NO4S. The van der Waals surface area contributed by atoms with Gasteiger partial charge in [-0.1, -0.05) is 12.1 Å². The molecule has 0 aliphatic carbocycles. The van der Waals surface area contributed by atoms with Gasteiger partial charge in [-0.15, -0.1) is 0 Å². The maximum atomic E-state index is 12.1. The zero-order valence-corrected chi connectivity index (χ0v) is 13.4. The number of thioether (sulfide) groups is 1. The van der Waals surface area contributed by atoms with Gasteiger partial charge in [-0.05, 0) is 48.5 Å². The first-order valence-electron chi connectivity index (χ1n) is 7.31. The number of carboxylic acid groups (broad SMARTS) is 1. The maximum absolute atomic E-state index is 12.1. The number of methoxy groups -OCH3 is 1. The molecule has 0 saturated carbocycles. The molecule has 1 aliphatic rings. The van der Waals surface area contributed by atoms with Gasteiger partial charge in [-0.3, -0.25) is 4.79 Å². The molecule has 1 amide bonds. The Morgan fingerprint density at radius 2 is 1.91 bits per heavy atom. The van der Waals surface area contributed by atoms with Crippen molar-refractivity contribution in [2.75, 3.05) is 18.6 Å². The Bertz CT molecular complexity index is 523. The highest BCUT2D eigenvalue weighted by atomic mass is 32.2. The van der Waals surface area contributed by atoms with Crippen molar-refractivity contribution in [3.05, 3.63) is 29.8 Å². The van der Waals surface area contributed by atoms with Crippen LogP contribution in [-0.2, 0) is 16.0 Å². The van der Waals surface area contributed by atoms with Gasteiger partial charge in [0.15, 0.2) is 0 Å². The van der Waals surface area contributed by atoms with Crippen LogP contribution < -0.4 is 10.1 Å². The largest absolute Gasteiger partial charge is 0.497 e. The smallest absolute Gasteiger partial charge is 0.329 e. The number of aryl methyl sites for hydroxylation is 1. The van der Waals surface area contributed by atoms with Gasteiger partial charge in [-0.2, -0.15) is 11.8 Å². The summed E-state index contributed by atoms with van der Waals surface area (Å²) in [6, 6.07) is 7.53. The van der Waals surface area contributed by atoms with E-state index in [1.54, 1.807) is 18.9 Å². The fourth-order valence-corrected chi connectivity index (χ4v) is 3.68. The molecule has 1 saturated heterocycles. The van der Waals surface area contributed by atoms with E-state index in [0.29, 0.717) is 19.3 Å². The van der Waals surface area contributed by atoms with Crippen molar-refractivity contribution in [3.8, 4) is 5.75 Å². The van der Waals surface area contributed by atoms with Gasteiger partial charge < -0.3 is 15.2 Å². The standard InChI is InChI=1S/C16H21NO4S/c1-21-13-5-2-12(3-6-13)4-7-14(18)17-16(15(19)20)8-10-22-11-9-16/h2-3,5-6H,4,7-11H2,1H3,(H,17,18)(H,19,20). The van der Waals surface area contributed by atoms with Gasteiger partial charge in [0.1, 0.15) is 11.3 Å². The first-order valence-corrected chi connectivity index (χ1v) is 8.46. The zero-order chi connectivity index (χ0) is 16.0. The van der Waals surface area contributed by atoms with Crippen molar-refractivity contribution in [2.24, 2.45) is 0 Å². The number of aliphatic carboxylic acids is 1. The highest BCUT2D eigenvalue weighted by Gasteiger charge is 2.41. The number of carbonyl (C=O) groups is 2. The quantitative estimate of drug-likeness (QED) is 0.838. The van der Waals surface area contributed by atoms with E-state index >= 15 is 0 Å². The molecular weight excluding hydrogens is 302 g/mol. The Morgan fingerprint density at radius 1 is 1.27 bits per heavy atom. The van der Waals surface area contributed by atoms with Crippen LogP contribution in [0.3, 0.4) is 0 Å². The van der Waals surface area contributed by atoms with Crippen LogP contribution in [-0.4, -0.2) is 41.1 Å². The monoisotopic (exact) mass is 323 g/mol. The Hall–Kier alpha value is -1.69. The van der Waals surface area contributed by atoms with Crippen LogP contribution in [0, 0.1) is 0 Å². The number of ether oxygens (including phenoxy) is 1. The molecule has 0 bridgehead atoms. The minimum atomic E-state index is -1.08. The topological polar surface area (TPSA) is 75.6 Å². The summed E-state index contributed by atoms with van der Waals surface area (Å²) in [5.74, 6) is 1.18. The van der Waals surface area contributed by atoms with Crippen LogP contribution in [0.2, 0.25) is 0 Å². The van der Waals surface area contributed by atoms with E-state index in [1.165, 1.54) is 0 Å². The van der Waals surface area contributed by atoms with Gasteiger partial charge in [0.2, 0.25) is 5.91 Å². The van der Waals surface area contributed by atoms with E-state index in [-0.39, 0.29) is 12.3 Å². The van der Waals surface area contributed by atoms with Crippen LogP contribution >= 0.6 is 11.8 Å². The van der Waals surface area contributed by atoms with Crippen LogP contribution in [0.15, 0.2) is 24.3 Å². The van der Waals surface area contributed by atoms with Crippen LogP contribution in [0.1, 0.15) is 24.8 Å². The molecule has 2 rings (SSSR count). The van der Waals surface area contributed by atoms with Gasteiger partial charge in [0.05, 0.1) is 7.11 Å². The normalized spacial score (nSPS) is 16.8. The van der Waals surface area contributed by atoms with Crippen molar-refractivity contribution in [2.45, 2.75) is 31.2 Å². The number of carboxylic acids is 1. The number of hydrogen-bond donors (Lipinski definition) is 2. The summed E-state index contributed by atoms with van der Waals surface area (Å²) in [5.41, 5.74) is -0.0538. The molecule has 1 heterocycles. The van der Waals surface area contributed by atoms with Crippen molar-refractivity contribution in [3.63, 3.8) is 0 Å². The van der Waals surface area contributed by atoms with E-state index in [0.717, 1.165) is 22.8 Å². The number of benzene rings is 1. The Balaban J connectivity index is 1.89. The summed E-state index contributed by atoms with van der Waals surface area (Å²) in [7, 11) is 1.61. The summed E-state index contributed by atoms with van der Waals surface area (Å²) in [5, 5.41) is 12.2. The summed E-state index contributed by atoms with van der Waals surface area (Å²) < 4.78 is 5.09. The average Bonchev–Trinajstić information content (AvgIpc) is 2.54. The molecule has 0 radical (unpaired) electrons. The summed E-state index contributed by atoms with van der Waals surface area (Å²) in [4.78, 5) is 23.6. The first-order chi connectivity index (χ1) is 10.6. The van der Waals surface area contributed by atoms with Gasteiger partial charge in [0.25, 0.3) is 0 Å². The second-order valence-electron chi connectivity index (χ2n) is 5.40. The van der Waals surface area contributed by atoms with Gasteiger partial charge in [0, 0.05) is 6.42 Å². The second-order valence-corrected chi connectivity index (χ2v) is 6.62. The lowest BCUT2D eigenvalue weighted by molar-refractivity contribution is -0.148. The lowest BCUT2D eigenvalue weighted by Gasteiger charge is -2.33. The third-order valence-electron chi connectivity index (χ3n) is 3.93. The molecule has 2 N–H and O–H groups in total. The predicted octanol–water partition coefficient (Wildman–Crippen LogP) is 2.09. The SMILES string of the molecule is COc1ccc(CCC(=O)NC2(C(=O)O)CCSCC2)cc1. The Morgan fingerprint density at radius 3 is 2.45 bits per heavy atom. The number of rotatable bonds is 6. The van der Waals surface area contributed by atoms with Crippen molar-refractivity contribution >= 4 is 23.6 Å². The number of amides is 1. The summed E-state index contributed by atoms with van der Waals surface area (Å²) >= 11 is 1.73. The molecule has 120 valence electrons. The van der Waals surface area contributed by atoms with Crippen molar-refractivity contribution in [1.82, 2.24) is 5.32 Å². The molecule has 5 nitrogen and oxygen atoms in total. The number of nitrogens with one attached hydrogen (secondary N) is 1. The molecule has 0 unspecified atom stereocenters. The lowest BCUT2D eigenvalue weighted by atomic mass is 9.92. The molecule has 6 heteroatoms. The molecule has 1 aliphatic heterocycles. The van der Waals surface area contributed by atoms with Gasteiger partial charge in [-0.25, -0.2) is 4.79 Å². The molecule has 1 aromatic carbocycles. The maximum Gasteiger partial charge on any atom is 0.329 e.